The molecule has 3 rings (SSSR count). The van der Waals surface area contributed by atoms with Crippen LogP contribution in [0.5, 0.6) is 5.75 Å². The van der Waals surface area contributed by atoms with E-state index in [4.69, 9.17) is 9.15 Å². The van der Waals surface area contributed by atoms with E-state index >= 15 is 0 Å². The molecule has 0 spiro atoms. The van der Waals surface area contributed by atoms with Crippen LogP contribution in [0, 0.1) is 12.3 Å². The summed E-state index contributed by atoms with van der Waals surface area (Å²) in [4.78, 5) is 24.6. The van der Waals surface area contributed by atoms with Crippen LogP contribution in [0.25, 0.3) is 0 Å². The smallest absolute Gasteiger partial charge is 0.305 e. The standard InChI is InChI=1S/C20H24N2O5/c1-11-16-14(23)9-20(2,3)10-15(16)27-17(11)19(25)22-21-18(24)12-5-7-13(26-4)8-6-12/h5-8,14,23H,9-10H2,1-4H3,(H,21,24)(H,22,25). The second-order valence-electron chi connectivity index (χ2n) is 7.59. The number of aliphatic hydroxyl groups excluding tert-OH is 1. The average molecular weight is 372 g/mol. The van der Waals surface area contributed by atoms with E-state index in [-0.39, 0.29) is 11.2 Å². The summed E-state index contributed by atoms with van der Waals surface area (Å²) in [6.07, 6.45) is 0.587. The largest absolute Gasteiger partial charge is 0.497 e. The Morgan fingerprint density at radius 2 is 1.81 bits per heavy atom. The number of hydrogen-bond acceptors (Lipinski definition) is 5. The minimum absolute atomic E-state index is 0.104. The van der Waals surface area contributed by atoms with E-state index in [1.807, 2.05) is 13.8 Å². The number of nitrogens with one attached hydrogen (secondary N) is 2. The first kappa shape index (κ1) is 19.0. The topological polar surface area (TPSA) is 101 Å². The van der Waals surface area contributed by atoms with Gasteiger partial charge in [0.25, 0.3) is 5.91 Å². The molecule has 2 aromatic rings. The number of hydrogen-bond donors (Lipinski definition) is 3. The first-order valence-electron chi connectivity index (χ1n) is 8.77. The van der Waals surface area contributed by atoms with Gasteiger partial charge in [0.1, 0.15) is 11.5 Å². The number of benzene rings is 1. The Balaban J connectivity index is 1.71. The fraction of sp³-hybridized carbons (Fsp3) is 0.400. The van der Waals surface area contributed by atoms with Gasteiger partial charge in [0.2, 0.25) is 0 Å². The molecule has 7 nitrogen and oxygen atoms in total. The summed E-state index contributed by atoms with van der Waals surface area (Å²) < 4.78 is 10.8. The third-order valence-electron chi connectivity index (χ3n) is 4.84. The van der Waals surface area contributed by atoms with E-state index in [0.717, 1.165) is 0 Å². The quantitative estimate of drug-likeness (QED) is 0.719. The van der Waals surface area contributed by atoms with Crippen molar-refractivity contribution in [3.05, 3.63) is 52.5 Å². The van der Waals surface area contributed by atoms with E-state index in [1.54, 1.807) is 38.3 Å². The van der Waals surface area contributed by atoms with Crippen LogP contribution >= 0.6 is 0 Å². The van der Waals surface area contributed by atoms with Crippen molar-refractivity contribution in [3.63, 3.8) is 0 Å². The fourth-order valence-electron chi connectivity index (χ4n) is 3.49. The minimum atomic E-state index is -0.664. The molecule has 0 bridgehead atoms. The maximum Gasteiger partial charge on any atom is 0.305 e. The second-order valence-corrected chi connectivity index (χ2v) is 7.59. The Labute approximate surface area is 157 Å². The van der Waals surface area contributed by atoms with Gasteiger partial charge in [-0.15, -0.1) is 0 Å². The lowest BCUT2D eigenvalue weighted by Gasteiger charge is -2.31. The molecule has 1 aliphatic rings. The number of furan rings is 1. The molecule has 0 radical (unpaired) electrons. The van der Waals surface area contributed by atoms with Crippen molar-refractivity contribution >= 4 is 11.8 Å². The molecular formula is C20H24N2O5. The highest BCUT2D eigenvalue weighted by atomic mass is 16.5. The first-order valence-corrected chi connectivity index (χ1v) is 8.77. The van der Waals surface area contributed by atoms with E-state index in [0.29, 0.717) is 41.0 Å². The molecule has 1 aromatic carbocycles. The van der Waals surface area contributed by atoms with E-state index in [9.17, 15) is 14.7 Å². The zero-order chi connectivity index (χ0) is 19.8. The Morgan fingerprint density at radius 3 is 2.44 bits per heavy atom. The number of ether oxygens (including phenoxy) is 1. The van der Waals surface area contributed by atoms with Crippen molar-refractivity contribution in [2.75, 3.05) is 7.11 Å². The molecule has 0 saturated heterocycles. The summed E-state index contributed by atoms with van der Waals surface area (Å²) >= 11 is 0. The molecular weight excluding hydrogens is 348 g/mol. The summed E-state index contributed by atoms with van der Waals surface area (Å²) in [5, 5.41) is 10.4. The number of hydrazine groups is 1. The van der Waals surface area contributed by atoms with Crippen LogP contribution in [0.4, 0.5) is 0 Å². The van der Waals surface area contributed by atoms with Crippen LogP contribution in [0.1, 0.15) is 64.2 Å². The molecule has 1 heterocycles. The lowest BCUT2D eigenvalue weighted by atomic mass is 9.75. The highest BCUT2D eigenvalue weighted by Gasteiger charge is 2.37. The Hall–Kier alpha value is -2.80. The van der Waals surface area contributed by atoms with Gasteiger partial charge in [-0.05, 0) is 43.0 Å². The summed E-state index contributed by atoms with van der Waals surface area (Å²) in [7, 11) is 1.54. The second kappa shape index (κ2) is 7.08. The van der Waals surface area contributed by atoms with Gasteiger partial charge in [0, 0.05) is 23.1 Å². The number of carbonyl (C=O) groups excluding carboxylic acids is 2. The first-order chi connectivity index (χ1) is 12.7. The molecule has 1 aliphatic carbocycles. The third-order valence-corrected chi connectivity index (χ3v) is 4.84. The lowest BCUT2D eigenvalue weighted by Crippen LogP contribution is -2.41. The maximum atomic E-state index is 12.5. The van der Waals surface area contributed by atoms with Crippen LogP contribution < -0.4 is 15.6 Å². The fourth-order valence-corrected chi connectivity index (χ4v) is 3.49. The molecule has 0 aliphatic heterocycles. The Bertz CT molecular complexity index is 867. The molecule has 3 N–H and O–H groups in total. The van der Waals surface area contributed by atoms with Crippen molar-refractivity contribution in [2.45, 2.75) is 39.7 Å². The van der Waals surface area contributed by atoms with Crippen molar-refractivity contribution < 1.29 is 23.8 Å². The van der Waals surface area contributed by atoms with Crippen LogP contribution in [-0.4, -0.2) is 24.0 Å². The molecule has 1 aromatic heterocycles. The van der Waals surface area contributed by atoms with Crippen molar-refractivity contribution in [3.8, 4) is 5.75 Å². The predicted octanol–water partition coefficient (Wildman–Crippen LogP) is 2.68. The number of rotatable bonds is 3. The van der Waals surface area contributed by atoms with Gasteiger partial charge in [-0.2, -0.15) is 0 Å². The molecule has 0 saturated carbocycles. The number of methoxy groups -OCH3 is 1. The zero-order valence-corrected chi connectivity index (χ0v) is 15.9. The van der Waals surface area contributed by atoms with Crippen molar-refractivity contribution in [1.29, 1.82) is 0 Å². The SMILES string of the molecule is COc1ccc(C(=O)NNC(=O)c2oc3c(c2C)C(O)CC(C)(C)C3)cc1. The summed E-state index contributed by atoms with van der Waals surface area (Å²) in [5.41, 5.74) is 6.29. The van der Waals surface area contributed by atoms with Crippen LogP contribution in [0.2, 0.25) is 0 Å². The van der Waals surface area contributed by atoms with E-state index < -0.39 is 17.9 Å². The third kappa shape index (κ3) is 3.83. The molecule has 1 unspecified atom stereocenters. The molecule has 144 valence electrons. The van der Waals surface area contributed by atoms with Gasteiger partial charge >= 0.3 is 5.91 Å². The Kier molecular flexibility index (Phi) is 4.97. The van der Waals surface area contributed by atoms with Gasteiger partial charge in [-0.25, -0.2) is 0 Å². The minimum Gasteiger partial charge on any atom is -0.497 e. The van der Waals surface area contributed by atoms with Crippen LogP contribution in [0.15, 0.2) is 28.7 Å². The van der Waals surface area contributed by atoms with Gasteiger partial charge in [0.15, 0.2) is 5.76 Å². The monoisotopic (exact) mass is 372 g/mol. The van der Waals surface area contributed by atoms with Crippen molar-refractivity contribution in [2.24, 2.45) is 5.41 Å². The van der Waals surface area contributed by atoms with E-state index in [2.05, 4.69) is 10.9 Å². The molecule has 0 fully saturated rings. The van der Waals surface area contributed by atoms with Crippen LogP contribution in [-0.2, 0) is 6.42 Å². The van der Waals surface area contributed by atoms with E-state index in [1.165, 1.54) is 0 Å². The summed E-state index contributed by atoms with van der Waals surface area (Å²) in [6, 6.07) is 6.50. The maximum absolute atomic E-state index is 12.5. The number of carbonyl (C=O) groups is 2. The average Bonchev–Trinajstić information content (AvgIpc) is 2.94. The number of fused-ring (bicyclic) bond motifs is 1. The predicted molar refractivity (Wildman–Crippen MR) is 98.4 cm³/mol. The van der Waals surface area contributed by atoms with Gasteiger partial charge in [0.05, 0.1) is 13.2 Å². The molecule has 2 amide bonds. The summed E-state index contributed by atoms with van der Waals surface area (Å²) in [5.74, 6) is 0.346. The lowest BCUT2D eigenvalue weighted by molar-refractivity contribution is 0.0822. The zero-order valence-electron chi connectivity index (χ0n) is 15.9. The number of aliphatic hydroxyl groups is 1. The number of amides is 2. The normalized spacial score (nSPS) is 17.7. The Morgan fingerprint density at radius 1 is 1.19 bits per heavy atom. The van der Waals surface area contributed by atoms with Gasteiger partial charge in [-0.3, -0.25) is 20.4 Å². The highest BCUT2D eigenvalue weighted by molar-refractivity contribution is 5.98. The summed E-state index contributed by atoms with van der Waals surface area (Å²) in [6.45, 7) is 5.84. The van der Waals surface area contributed by atoms with Crippen LogP contribution in [0.3, 0.4) is 0 Å². The highest BCUT2D eigenvalue weighted by Crippen LogP contribution is 2.43. The van der Waals surface area contributed by atoms with Gasteiger partial charge < -0.3 is 14.3 Å². The molecule has 1 atom stereocenters. The molecule has 27 heavy (non-hydrogen) atoms. The molecule has 7 heteroatoms. The van der Waals surface area contributed by atoms with Gasteiger partial charge in [-0.1, -0.05) is 13.8 Å². The van der Waals surface area contributed by atoms with Crippen molar-refractivity contribution in [1.82, 2.24) is 10.9 Å².